The molecule has 1 heterocycles. The van der Waals surface area contributed by atoms with Crippen LogP contribution in [0.4, 0.5) is 0 Å². The van der Waals surface area contributed by atoms with Crippen molar-refractivity contribution in [2.45, 2.75) is 31.3 Å². The molecule has 3 heteroatoms. The van der Waals surface area contributed by atoms with Gasteiger partial charge in [0.15, 0.2) is 0 Å². The van der Waals surface area contributed by atoms with Crippen molar-refractivity contribution in [3.05, 3.63) is 18.2 Å². The van der Waals surface area contributed by atoms with Crippen LogP contribution in [0.5, 0.6) is 0 Å². The summed E-state index contributed by atoms with van der Waals surface area (Å²) in [6.07, 6.45) is 8.12. The van der Waals surface area contributed by atoms with Crippen molar-refractivity contribution in [3.8, 4) is 0 Å². The lowest BCUT2D eigenvalue weighted by molar-refractivity contribution is -0.0140. The zero-order valence-electron chi connectivity index (χ0n) is 7.53. The van der Waals surface area contributed by atoms with Gasteiger partial charge in [0.25, 0.3) is 0 Å². The van der Waals surface area contributed by atoms with E-state index in [-0.39, 0.29) is 0 Å². The molecule has 2 aliphatic carbocycles. The highest BCUT2D eigenvalue weighted by atomic mass is 16.3. The smallest absolute Gasteiger partial charge is 0.111 e. The van der Waals surface area contributed by atoms with Gasteiger partial charge in [0, 0.05) is 0 Å². The molecule has 2 saturated carbocycles. The third-order valence-electron chi connectivity index (χ3n) is 3.33. The first-order valence-electron chi connectivity index (χ1n) is 5.03. The first kappa shape index (κ1) is 7.56. The molecular weight excluding hydrogens is 164 g/mol. The van der Waals surface area contributed by atoms with Crippen molar-refractivity contribution >= 4 is 0 Å². The molecule has 1 aromatic heterocycles. The van der Waals surface area contributed by atoms with Gasteiger partial charge in [-0.2, -0.15) is 0 Å². The summed E-state index contributed by atoms with van der Waals surface area (Å²) in [6.45, 7) is 0. The van der Waals surface area contributed by atoms with Gasteiger partial charge in [0.2, 0.25) is 0 Å². The van der Waals surface area contributed by atoms with Crippen LogP contribution in [-0.2, 0) is 5.60 Å². The summed E-state index contributed by atoms with van der Waals surface area (Å²) >= 11 is 0. The van der Waals surface area contributed by atoms with Crippen LogP contribution in [0.25, 0.3) is 0 Å². The van der Waals surface area contributed by atoms with Crippen LogP contribution in [0.15, 0.2) is 12.5 Å². The molecule has 13 heavy (non-hydrogen) atoms. The molecule has 1 aromatic rings. The van der Waals surface area contributed by atoms with Crippen LogP contribution in [-0.4, -0.2) is 15.1 Å². The van der Waals surface area contributed by atoms with Gasteiger partial charge in [-0.15, -0.1) is 0 Å². The maximum absolute atomic E-state index is 10.6. The van der Waals surface area contributed by atoms with Gasteiger partial charge >= 0.3 is 0 Å². The predicted molar refractivity (Wildman–Crippen MR) is 47.9 cm³/mol. The van der Waals surface area contributed by atoms with E-state index < -0.39 is 5.60 Å². The number of nitrogens with one attached hydrogen (secondary N) is 1. The average molecular weight is 178 g/mol. The first-order valence-corrected chi connectivity index (χ1v) is 5.03. The Labute approximate surface area is 77.2 Å². The third-order valence-corrected chi connectivity index (χ3v) is 3.33. The Morgan fingerprint density at radius 2 is 1.92 bits per heavy atom. The molecule has 3 nitrogen and oxygen atoms in total. The van der Waals surface area contributed by atoms with Gasteiger partial charge in [-0.25, -0.2) is 4.98 Å². The molecule has 3 rings (SSSR count). The van der Waals surface area contributed by atoms with E-state index in [0.717, 1.165) is 5.69 Å². The molecule has 2 fully saturated rings. The average Bonchev–Trinajstić information content (AvgIpc) is 3.01. The maximum atomic E-state index is 10.6. The fourth-order valence-electron chi connectivity index (χ4n) is 2.29. The molecule has 0 spiro atoms. The van der Waals surface area contributed by atoms with Crippen molar-refractivity contribution in [1.29, 1.82) is 0 Å². The van der Waals surface area contributed by atoms with E-state index in [1.807, 2.05) is 0 Å². The molecule has 2 N–H and O–H groups in total. The highest BCUT2D eigenvalue weighted by Crippen LogP contribution is 2.56. The van der Waals surface area contributed by atoms with E-state index in [4.69, 9.17) is 0 Å². The van der Waals surface area contributed by atoms with E-state index in [1.165, 1.54) is 25.7 Å². The molecule has 0 aromatic carbocycles. The summed E-state index contributed by atoms with van der Waals surface area (Å²) in [5, 5.41) is 10.6. The largest absolute Gasteiger partial charge is 0.383 e. The number of rotatable bonds is 3. The van der Waals surface area contributed by atoms with E-state index in [0.29, 0.717) is 11.8 Å². The second-order valence-electron chi connectivity index (χ2n) is 4.34. The summed E-state index contributed by atoms with van der Waals surface area (Å²) in [5.74, 6) is 0.973. The summed E-state index contributed by atoms with van der Waals surface area (Å²) in [6, 6.07) is 0. The summed E-state index contributed by atoms with van der Waals surface area (Å²) in [4.78, 5) is 7.05. The molecule has 0 saturated heterocycles. The van der Waals surface area contributed by atoms with Crippen LogP contribution >= 0.6 is 0 Å². The Morgan fingerprint density at radius 3 is 2.31 bits per heavy atom. The Morgan fingerprint density at radius 1 is 1.31 bits per heavy atom. The molecule has 0 aliphatic heterocycles. The lowest BCUT2D eigenvalue weighted by atomic mass is 9.89. The Bertz CT molecular complexity index is 287. The van der Waals surface area contributed by atoms with E-state index >= 15 is 0 Å². The van der Waals surface area contributed by atoms with Crippen molar-refractivity contribution < 1.29 is 5.11 Å². The summed E-state index contributed by atoms with van der Waals surface area (Å²) in [5.41, 5.74) is 0.355. The fraction of sp³-hybridized carbons (Fsp3) is 0.700. The standard InChI is InChI=1S/C10H14N2O/c13-10(7-1-2-7,8-3-4-8)9-5-11-6-12-9/h5-8,13H,1-4H2,(H,11,12). The number of nitrogens with zero attached hydrogens (tertiary/aromatic N) is 1. The van der Waals surface area contributed by atoms with Gasteiger partial charge in [-0.1, -0.05) is 0 Å². The van der Waals surface area contributed by atoms with E-state index in [9.17, 15) is 5.11 Å². The number of hydrogen-bond donors (Lipinski definition) is 2. The molecular formula is C10H14N2O. The van der Waals surface area contributed by atoms with Crippen LogP contribution in [0, 0.1) is 11.8 Å². The Kier molecular flexibility index (Phi) is 1.37. The SMILES string of the molecule is OC(c1cnc[nH]1)(C1CC1)C1CC1. The second kappa shape index (κ2) is 2.35. The van der Waals surface area contributed by atoms with Crippen LogP contribution in [0.3, 0.4) is 0 Å². The molecule has 0 amide bonds. The Hall–Kier alpha value is -0.830. The predicted octanol–water partition coefficient (Wildman–Crippen LogP) is 1.42. The lowest BCUT2D eigenvalue weighted by Crippen LogP contribution is -2.31. The van der Waals surface area contributed by atoms with Gasteiger partial charge in [0.05, 0.1) is 18.2 Å². The van der Waals surface area contributed by atoms with Gasteiger partial charge < -0.3 is 10.1 Å². The quantitative estimate of drug-likeness (QED) is 0.735. The van der Waals surface area contributed by atoms with Gasteiger partial charge in [-0.3, -0.25) is 0 Å². The number of H-pyrrole nitrogens is 1. The minimum atomic E-state index is -0.573. The minimum absolute atomic E-state index is 0.487. The van der Waals surface area contributed by atoms with Crippen molar-refractivity contribution in [2.24, 2.45) is 11.8 Å². The van der Waals surface area contributed by atoms with Crippen molar-refractivity contribution in [1.82, 2.24) is 9.97 Å². The fourth-order valence-corrected chi connectivity index (χ4v) is 2.29. The molecule has 0 bridgehead atoms. The van der Waals surface area contributed by atoms with Crippen LogP contribution in [0.1, 0.15) is 31.4 Å². The highest BCUT2D eigenvalue weighted by molar-refractivity contribution is 5.18. The second-order valence-corrected chi connectivity index (χ2v) is 4.34. The third kappa shape index (κ3) is 1.03. The number of aromatic amines is 1. The number of hydrogen-bond acceptors (Lipinski definition) is 2. The number of aliphatic hydroxyl groups is 1. The zero-order chi connectivity index (χ0) is 8.89. The number of aromatic nitrogens is 2. The van der Waals surface area contributed by atoms with Crippen LogP contribution in [0.2, 0.25) is 0 Å². The molecule has 0 radical (unpaired) electrons. The normalized spacial score (nSPS) is 23.5. The van der Waals surface area contributed by atoms with Gasteiger partial charge in [0.1, 0.15) is 5.60 Å². The molecule has 2 aliphatic rings. The highest BCUT2D eigenvalue weighted by Gasteiger charge is 2.55. The first-order chi connectivity index (χ1) is 6.32. The molecule has 0 unspecified atom stereocenters. The monoisotopic (exact) mass is 178 g/mol. The van der Waals surface area contributed by atoms with Crippen molar-refractivity contribution in [2.75, 3.05) is 0 Å². The minimum Gasteiger partial charge on any atom is -0.383 e. The Balaban J connectivity index is 1.97. The van der Waals surface area contributed by atoms with Crippen LogP contribution < -0.4 is 0 Å². The molecule has 0 atom stereocenters. The number of imidazole rings is 1. The summed E-state index contributed by atoms with van der Waals surface area (Å²) in [7, 11) is 0. The topological polar surface area (TPSA) is 48.9 Å². The zero-order valence-corrected chi connectivity index (χ0v) is 7.53. The van der Waals surface area contributed by atoms with E-state index in [2.05, 4.69) is 9.97 Å². The van der Waals surface area contributed by atoms with Gasteiger partial charge in [-0.05, 0) is 37.5 Å². The lowest BCUT2D eigenvalue weighted by Gasteiger charge is -2.26. The summed E-state index contributed by atoms with van der Waals surface area (Å²) < 4.78 is 0. The maximum Gasteiger partial charge on any atom is 0.111 e. The van der Waals surface area contributed by atoms with E-state index in [1.54, 1.807) is 12.5 Å². The van der Waals surface area contributed by atoms with Crippen molar-refractivity contribution in [3.63, 3.8) is 0 Å². The molecule has 70 valence electrons.